The Kier molecular flexibility index (Phi) is 6.74. The molecule has 1 aliphatic rings. The van der Waals surface area contributed by atoms with Crippen molar-refractivity contribution in [2.45, 2.75) is 30.4 Å². The zero-order valence-corrected chi connectivity index (χ0v) is 16.4. The first-order chi connectivity index (χ1) is 13.1. The van der Waals surface area contributed by atoms with Crippen LogP contribution >= 0.6 is 11.8 Å². The van der Waals surface area contributed by atoms with Crippen LogP contribution in [0.2, 0.25) is 0 Å². The summed E-state index contributed by atoms with van der Waals surface area (Å²) in [5.74, 6) is 0.533. The van der Waals surface area contributed by atoms with Crippen molar-refractivity contribution >= 4 is 17.7 Å². The van der Waals surface area contributed by atoms with Gasteiger partial charge in [-0.1, -0.05) is 18.2 Å². The Morgan fingerprint density at radius 2 is 2.15 bits per heavy atom. The first-order valence-electron chi connectivity index (χ1n) is 9.00. The van der Waals surface area contributed by atoms with E-state index in [1.165, 1.54) is 13.2 Å². The minimum atomic E-state index is -0.427. The molecule has 0 spiro atoms. The van der Waals surface area contributed by atoms with Crippen molar-refractivity contribution < 1.29 is 18.7 Å². The van der Waals surface area contributed by atoms with Gasteiger partial charge in [0.25, 0.3) is 5.91 Å². The summed E-state index contributed by atoms with van der Waals surface area (Å²) in [7, 11) is 3.16. The third-order valence-electron chi connectivity index (χ3n) is 4.55. The fourth-order valence-corrected chi connectivity index (χ4v) is 4.20. The van der Waals surface area contributed by atoms with E-state index in [0.29, 0.717) is 17.7 Å². The standard InChI is InChI=1S/C21H24FNO3S/c1-23(13-15-9-10-19(25-2)18(22)12-15)21(24)17-7-3-4-8-20(17)27-14-16-6-5-11-26-16/h3-4,7-10,12,16H,5-6,11,13-14H2,1-2H3/t16-/m1/s1. The highest BCUT2D eigenvalue weighted by molar-refractivity contribution is 7.99. The minimum absolute atomic E-state index is 0.0818. The Bertz CT molecular complexity index is 793. The van der Waals surface area contributed by atoms with Crippen molar-refractivity contribution in [3.05, 3.63) is 59.4 Å². The fraction of sp³-hybridized carbons (Fsp3) is 0.381. The van der Waals surface area contributed by atoms with Crippen molar-refractivity contribution in [1.82, 2.24) is 4.90 Å². The molecule has 1 fully saturated rings. The van der Waals surface area contributed by atoms with E-state index < -0.39 is 5.82 Å². The van der Waals surface area contributed by atoms with Crippen molar-refractivity contribution in [3.63, 3.8) is 0 Å². The molecule has 0 aromatic heterocycles. The van der Waals surface area contributed by atoms with Gasteiger partial charge in [0.05, 0.1) is 18.8 Å². The van der Waals surface area contributed by atoms with Gasteiger partial charge in [-0.05, 0) is 42.7 Å². The summed E-state index contributed by atoms with van der Waals surface area (Å²) < 4.78 is 24.5. The van der Waals surface area contributed by atoms with Crippen LogP contribution in [0.25, 0.3) is 0 Å². The van der Waals surface area contributed by atoms with E-state index in [1.807, 2.05) is 24.3 Å². The van der Waals surface area contributed by atoms with Gasteiger partial charge in [0, 0.05) is 30.8 Å². The Morgan fingerprint density at radius 3 is 2.85 bits per heavy atom. The van der Waals surface area contributed by atoms with Crippen LogP contribution in [0.4, 0.5) is 4.39 Å². The van der Waals surface area contributed by atoms with Gasteiger partial charge in [-0.2, -0.15) is 0 Å². The van der Waals surface area contributed by atoms with Gasteiger partial charge in [0.1, 0.15) is 0 Å². The minimum Gasteiger partial charge on any atom is -0.494 e. The molecular weight excluding hydrogens is 365 g/mol. The highest BCUT2D eigenvalue weighted by atomic mass is 32.2. The summed E-state index contributed by atoms with van der Waals surface area (Å²) in [4.78, 5) is 15.5. The summed E-state index contributed by atoms with van der Waals surface area (Å²) in [6, 6.07) is 12.4. The number of rotatable bonds is 7. The molecule has 1 aliphatic heterocycles. The van der Waals surface area contributed by atoms with Crippen LogP contribution in [0.3, 0.4) is 0 Å². The predicted octanol–water partition coefficient (Wildman–Crippen LogP) is 4.38. The molecule has 3 rings (SSSR count). The lowest BCUT2D eigenvalue weighted by atomic mass is 10.1. The molecule has 0 bridgehead atoms. The number of hydrogen-bond acceptors (Lipinski definition) is 4. The smallest absolute Gasteiger partial charge is 0.255 e. The third-order valence-corrected chi connectivity index (χ3v) is 5.75. The van der Waals surface area contributed by atoms with Crippen LogP contribution in [0.1, 0.15) is 28.8 Å². The molecule has 1 saturated heterocycles. The number of carbonyl (C=O) groups excluding carboxylic acids is 1. The molecule has 1 amide bonds. The molecule has 1 atom stereocenters. The van der Waals surface area contributed by atoms with Gasteiger partial charge >= 0.3 is 0 Å². The number of thioether (sulfide) groups is 1. The molecular formula is C21H24FNO3S. The topological polar surface area (TPSA) is 38.8 Å². The molecule has 2 aromatic carbocycles. The van der Waals surface area contributed by atoms with Crippen LogP contribution in [-0.2, 0) is 11.3 Å². The summed E-state index contributed by atoms with van der Waals surface area (Å²) in [6.07, 6.45) is 2.44. The second-order valence-electron chi connectivity index (χ2n) is 6.57. The van der Waals surface area contributed by atoms with E-state index in [1.54, 1.807) is 35.8 Å². The molecule has 144 valence electrons. The van der Waals surface area contributed by atoms with Gasteiger partial charge in [-0.3, -0.25) is 4.79 Å². The Labute approximate surface area is 163 Å². The lowest BCUT2D eigenvalue weighted by Crippen LogP contribution is -2.26. The number of nitrogens with zero attached hydrogens (tertiary/aromatic N) is 1. The Morgan fingerprint density at radius 1 is 1.33 bits per heavy atom. The SMILES string of the molecule is COc1ccc(CN(C)C(=O)c2ccccc2SC[C@H]2CCCO2)cc1F. The van der Waals surface area contributed by atoms with Crippen LogP contribution in [0.5, 0.6) is 5.75 Å². The zero-order valence-electron chi connectivity index (χ0n) is 15.6. The van der Waals surface area contributed by atoms with Crippen molar-refractivity contribution in [2.24, 2.45) is 0 Å². The largest absolute Gasteiger partial charge is 0.494 e. The number of methoxy groups -OCH3 is 1. The lowest BCUT2D eigenvalue weighted by molar-refractivity contribution is 0.0781. The molecule has 0 aliphatic carbocycles. The van der Waals surface area contributed by atoms with Gasteiger partial charge in [0.15, 0.2) is 11.6 Å². The lowest BCUT2D eigenvalue weighted by Gasteiger charge is -2.20. The first kappa shape index (κ1) is 19.7. The highest BCUT2D eigenvalue weighted by Gasteiger charge is 2.20. The number of carbonyl (C=O) groups is 1. The second kappa shape index (κ2) is 9.24. The molecule has 0 saturated carbocycles. The summed E-state index contributed by atoms with van der Waals surface area (Å²) in [5.41, 5.74) is 1.38. The van der Waals surface area contributed by atoms with Crippen LogP contribution in [0, 0.1) is 5.82 Å². The average Bonchev–Trinajstić information content (AvgIpc) is 3.20. The van der Waals surface area contributed by atoms with Gasteiger partial charge < -0.3 is 14.4 Å². The third kappa shape index (κ3) is 5.02. The van der Waals surface area contributed by atoms with E-state index in [9.17, 15) is 9.18 Å². The summed E-state index contributed by atoms with van der Waals surface area (Å²) >= 11 is 1.65. The average molecular weight is 389 g/mol. The molecule has 1 heterocycles. The number of halogens is 1. The number of benzene rings is 2. The first-order valence-corrected chi connectivity index (χ1v) is 9.98. The maximum Gasteiger partial charge on any atom is 0.255 e. The maximum atomic E-state index is 13.9. The highest BCUT2D eigenvalue weighted by Crippen LogP contribution is 2.28. The molecule has 0 radical (unpaired) electrons. The Balaban J connectivity index is 1.68. The maximum absolute atomic E-state index is 13.9. The Hall–Kier alpha value is -2.05. The fourth-order valence-electron chi connectivity index (χ4n) is 3.09. The van der Waals surface area contributed by atoms with Crippen molar-refractivity contribution in [1.29, 1.82) is 0 Å². The number of ether oxygens (including phenoxy) is 2. The van der Waals surface area contributed by atoms with E-state index >= 15 is 0 Å². The monoisotopic (exact) mass is 389 g/mol. The predicted molar refractivity (Wildman–Crippen MR) is 105 cm³/mol. The molecule has 0 N–H and O–H groups in total. The second-order valence-corrected chi connectivity index (χ2v) is 7.63. The number of amides is 1. The molecule has 27 heavy (non-hydrogen) atoms. The van der Waals surface area contributed by atoms with Gasteiger partial charge in [-0.25, -0.2) is 4.39 Å². The van der Waals surface area contributed by atoms with Crippen LogP contribution < -0.4 is 4.74 Å². The van der Waals surface area contributed by atoms with Crippen molar-refractivity contribution in [3.8, 4) is 5.75 Å². The van der Waals surface area contributed by atoms with Gasteiger partial charge in [-0.15, -0.1) is 11.8 Å². The zero-order chi connectivity index (χ0) is 19.2. The normalized spacial score (nSPS) is 16.3. The summed E-state index contributed by atoms with van der Waals surface area (Å²) in [6.45, 7) is 1.15. The van der Waals surface area contributed by atoms with E-state index in [2.05, 4.69) is 0 Å². The quantitative estimate of drug-likeness (QED) is 0.659. The van der Waals surface area contributed by atoms with E-state index in [-0.39, 0.29) is 17.8 Å². The van der Waals surface area contributed by atoms with E-state index in [0.717, 1.165) is 30.1 Å². The van der Waals surface area contributed by atoms with E-state index in [4.69, 9.17) is 9.47 Å². The van der Waals surface area contributed by atoms with Gasteiger partial charge in [0.2, 0.25) is 0 Å². The number of hydrogen-bond donors (Lipinski definition) is 0. The van der Waals surface area contributed by atoms with Crippen molar-refractivity contribution in [2.75, 3.05) is 26.5 Å². The summed E-state index contributed by atoms with van der Waals surface area (Å²) in [5, 5.41) is 0. The van der Waals surface area contributed by atoms with Crippen LogP contribution in [-0.4, -0.2) is 43.4 Å². The van der Waals surface area contributed by atoms with Crippen LogP contribution in [0.15, 0.2) is 47.4 Å². The molecule has 0 unspecified atom stereocenters. The molecule has 2 aromatic rings. The molecule has 6 heteroatoms. The molecule has 4 nitrogen and oxygen atoms in total.